The summed E-state index contributed by atoms with van der Waals surface area (Å²) in [6, 6.07) is 8.40. The summed E-state index contributed by atoms with van der Waals surface area (Å²) in [6.07, 6.45) is -0.138. The van der Waals surface area contributed by atoms with Crippen molar-refractivity contribution in [1.82, 2.24) is 5.48 Å². The molecule has 70 valence electrons. The van der Waals surface area contributed by atoms with E-state index in [-0.39, 0.29) is 6.42 Å². The number of benzene rings is 1. The summed E-state index contributed by atoms with van der Waals surface area (Å²) in [6.45, 7) is 0. The molecule has 0 bridgehead atoms. The smallest absolute Gasteiger partial charge is 0.305 e. The van der Waals surface area contributed by atoms with Gasteiger partial charge in [0.05, 0.1) is 12.5 Å². The molecule has 1 atom stereocenters. The van der Waals surface area contributed by atoms with E-state index in [1.54, 1.807) is 24.3 Å². The zero-order valence-electron chi connectivity index (χ0n) is 6.97. The molecule has 0 aromatic heterocycles. The van der Waals surface area contributed by atoms with E-state index in [0.717, 1.165) is 5.56 Å². The van der Waals surface area contributed by atoms with Crippen molar-refractivity contribution in [3.63, 3.8) is 0 Å². The summed E-state index contributed by atoms with van der Waals surface area (Å²) in [5, 5.41) is 17.2. The number of carbonyl (C=O) groups is 1. The summed E-state index contributed by atoms with van der Waals surface area (Å²) < 4.78 is 0. The zero-order valence-corrected chi connectivity index (χ0v) is 6.97. The summed E-state index contributed by atoms with van der Waals surface area (Å²) in [4.78, 5) is 10.4. The molecule has 0 saturated carbocycles. The number of nitrogens with one attached hydrogen (secondary N) is 1. The van der Waals surface area contributed by atoms with Gasteiger partial charge in [-0.2, -0.15) is 5.48 Å². The Morgan fingerprint density at radius 3 is 2.46 bits per heavy atom. The molecule has 1 aromatic carbocycles. The Balaban J connectivity index is 2.73. The quantitative estimate of drug-likeness (QED) is 0.610. The molecule has 4 nitrogen and oxygen atoms in total. The van der Waals surface area contributed by atoms with Gasteiger partial charge in [-0.15, -0.1) is 0 Å². The maximum absolute atomic E-state index is 10.4. The molecular formula is C9H11NO3. The SMILES string of the molecule is O=C(O)C[C@@H](NO)c1ccccc1. The third-order valence-corrected chi connectivity index (χ3v) is 1.74. The number of hydrogen-bond donors (Lipinski definition) is 3. The molecular weight excluding hydrogens is 170 g/mol. The van der Waals surface area contributed by atoms with Gasteiger partial charge >= 0.3 is 5.97 Å². The molecule has 0 radical (unpaired) electrons. The molecule has 3 N–H and O–H groups in total. The molecule has 0 spiro atoms. The van der Waals surface area contributed by atoms with E-state index in [0.29, 0.717) is 0 Å². The number of aliphatic carboxylic acids is 1. The van der Waals surface area contributed by atoms with E-state index < -0.39 is 12.0 Å². The molecule has 0 aliphatic rings. The van der Waals surface area contributed by atoms with Crippen molar-refractivity contribution in [1.29, 1.82) is 0 Å². The fourth-order valence-corrected chi connectivity index (χ4v) is 1.10. The Kier molecular flexibility index (Phi) is 3.42. The van der Waals surface area contributed by atoms with E-state index in [1.807, 2.05) is 11.5 Å². The van der Waals surface area contributed by atoms with Gasteiger partial charge in [-0.05, 0) is 5.56 Å². The number of hydroxylamine groups is 1. The average Bonchev–Trinajstić information content (AvgIpc) is 2.15. The molecule has 0 unspecified atom stereocenters. The Morgan fingerprint density at radius 1 is 1.38 bits per heavy atom. The number of carboxylic acids is 1. The van der Waals surface area contributed by atoms with Crippen LogP contribution in [0.2, 0.25) is 0 Å². The van der Waals surface area contributed by atoms with Crippen LogP contribution in [0, 0.1) is 0 Å². The fourth-order valence-electron chi connectivity index (χ4n) is 1.10. The Labute approximate surface area is 75.8 Å². The predicted molar refractivity (Wildman–Crippen MR) is 46.4 cm³/mol. The minimum absolute atomic E-state index is 0.138. The van der Waals surface area contributed by atoms with Gasteiger partial charge in [-0.3, -0.25) is 4.79 Å². The van der Waals surface area contributed by atoms with Crippen LogP contribution in [0.5, 0.6) is 0 Å². The average molecular weight is 181 g/mol. The fraction of sp³-hybridized carbons (Fsp3) is 0.222. The lowest BCUT2D eigenvalue weighted by atomic mass is 10.1. The minimum Gasteiger partial charge on any atom is -0.481 e. The second kappa shape index (κ2) is 4.59. The van der Waals surface area contributed by atoms with E-state index in [4.69, 9.17) is 10.3 Å². The van der Waals surface area contributed by atoms with Crippen molar-refractivity contribution < 1.29 is 15.1 Å². The third kappa shape index (κ3) is 2.85. The van der Waals surface area contributed by atoms with Crippen LogP contribution in [-0.2, 0) is 4.79 Å². The first-order valence-corrected chi connectivity index (χ1v) is 3.90. The monoisotopic (exact) mass is 181 g/mol. The lowest BCUT2D eigenvalue weighted by Crippen LogP contribution is -2.20. The van der Waals surface area contributed by atoms with Gasteiger partial charge < -0.3 is 10.3 Å². The van der Waals surface area contributed by atoms with Crippen molar-refractivity contribution in [2.24, 2.45) is 0 Å². The van der Waals surface area contributed by atoms with Gasteiger partial charge in [0.1, 0.15) is 0 Å². The van der Waals surface area contributed by atoms with Crippen LogP contribution >= 0.6 is 0 Å². The van der Waals surface area contributed by atoms with Crippen LogP contribution in [0.4, 0.5) is 0 Å². The topological polar surface area (TPSA) is 69.6 Å². The second-order valence-corrected chi connectivity index (χ2v) is 2.69. The van der Waals surface area contributed by atoms with Crippen molar-refractivity contribution >= 4 is 5.97 Å². The standard InChI is InChI=1S/C9H11NO3/c11-9(12)6-8(10-13)7-4-2-1-3-5-7/h1-5,8,10,13H,6H2,(H,11,12)/t8-/m1/s1. The first-order chi connectivity index (χ1) is 6.24. The van der Waals surface area contributed by atoms with Gasteiger partial charge in [0.2, 0.25) is 0 Å². The maximum atomic E-state index is 10.4. The number of rotatable bonds is 4. The molecule has 1 aromatic rings. The zero-order chi connectivity index (χ0) is 9.68. The first-order valence-electron chi connectivity index (χ1n) is 3.90. The number of carboxylic acid groups (broad SMARTS) is 1. The third-order valence-electron chi connectivity index (χ3n) is 1.74. The highest BCUT2D eigenvalue weighted by atomic mass is 16.5. The largest absolute Gasteiger partial charge is 0.481 e. The summed E-state index contributed by atoms with van der Waals surface area (Å²) in [7, 11) is 0. The lowest BCUT2D eigenvalue weighted by Gasteiger charge is -2.12. The summed E-state index contributed by atoms with van der Waals surface area (Å²) in [5.41, 5.74) is 2.73. The second-order valence-electron chi connectivity index (χ2n) is 2.69. The molecule has 0 aliphatic carbocycles. The predicted octanol–water partition coefficient (Wildman–Crippen LogP) is 1.18. The van der Waals surface area contributed by atoms with Gasteiger partial charge in [0, 0.05) is 0 Å². The highest BCUT2D eigenvalue weighted by Crippen LogP contribution is 2.15. The summed E-state index contributed by atoms with van der Waals surface area (Å²) >= 11 is 0. The van der Waals surface area contributed by atoms with Crippen LogP contribution < -0.4 is 5.48 Å². The highest BCUT2D eigenvalue weighted by molar-refractivity contribution is 5.67. The van der Waals surface area contributed by atoms with Crippen LogP contribution in [0.1, 0.15) is 18.0 Å². The van der Waals surface area contributed by atoms with Crippen molar-refractivity contribution in [2.75, 3.05) is 0 Å². The molecule has 13 heavy (non-hydrogen) atoms. The van der Waals surface area contributed by atoms with Crippen LogP contribution in [0.15, 0.2) is 30.3 Å². The van der Waals surface area contributed by atoms with Crippen molar-refractivity contribution in [2.45, 2.75) is 12.5 Å². The number of hydrogen-bond acceptors (Lipinski definition) is 3. The van der Waals surface area contributed by atoms with Crippen LogP contribution in [-0.4, -0.2) is 16.3 Å². The van der Waals surface area contributed by atoms with Gasteiger partial charge in [0.25, 0.3) is 0 Å². The van der Waals surface area contributed by atoms with E-state index in [1.165, 1.54) is 0 Å². The van der Waals surface area contributed by atoms with Crippen molar-refractivity contribution in [3.05, 3.63) is 35.9 Å². The van der Waals surface area contributed by atoms with Gasteiger partial charge in [-0.1, -0.05) is 30.3 Å². The molecule has 1 rings (SSSR count). The highest BCUT2D eigenvalue weighted by Gasteiger charge is 2.13. The summed E-state index contributed by atoms with van der Waals surface area (Å²) in [5.74, 6) is -0.949. The molecule has 0 fully saturated rings. The Hall–Kier alpha value is -1.39. The lowest BCUT2D eigenvalue weighted by molar-refractivity contribution is -0.138. The van der Waals surface area contributed by atoms with E-state index in [9.17, 15) is 4.79 Å². The minimum atomic E-state index is -0.949. The molecule has 0 saturated heterocycles. The molecule has 4 heteroatoms. The van der Waals surface area contributed by atoms with Gasteiger partial charge in [-0.25, -0.2) is 0 Å². The van der Waals surface area contributed by atoms with E-state index in [2.05, 4.69) is 0 Å². The maximum Gasteiger partial charge on any atom is 0.305 e. The van der Waals surface area contributed by atoms with Crippen LogP contribution in [0.3, 0.4) is 0 Å². The molecule has 0 amide bonds. The van der Waals surface area contributed by atoms with Gasteiger partial charge in [0.15, 0.2) is 0 Å². The normalized spacial score (nSPS) is 12.4. The Morgan fingerprint density at radius 2 is 2.00 bits per heavy atom. The molecule has 0 heterocycles. The van der Waals surface area contributed by atoms with Crippen molar-refractivity contribution in [3.8, 4) is 0 Å². The molecule has 0 aliphatic heterocycles. The first kappa shape index (κ1) is 9.70. The van der Waals surface area contributed by atoms with Crippen LogP contribution in [0.25, 0.3) is 0 Å². The Bertz CT molecular complexity index is 273. The van der Waals surface area contributed by atoms with E-state index >= 15 is 0 Å².